The molecule has 11 aromatic carbocycles. The predicted octanol–water partition coefficient (Wildman–Crippen LogP) is 17.2. The highest BCUT2D eigenvalue weighted by Gasteiger charge is 2.18. The Kier molecular flexibility index (Phi) is 8.53. The van der Waals surface area contributed by atoms with Crippen molar-refractivity contribution in [2.45, 2.75) is 0 Å². The van der Waals surface area contributed by atoms with Crippen LogP contribution in [0.3, 0.4) is 0 Å². The zero-order valence-corrected chi connectivity index (χ0v) is 33.9. The van der Waals surface area contributed by atoms with Gasteiger partial charge in [0.05, 0.1) is 0 Å². The van der Waals surface area contributed by atoms with Crippen molar-refractivity contribution in [3.63, 3.8) is 0 Å². The molecular formula is C60H39NO. The summed E-state index contributed by atoms with van der Waals surface area (Å²) in [4.78, 5) is 2.37. The van der Waals surface area contributed by atoms with E-state index in [9.17, 15) is 0 Å². The first-order valence-electron chi connectivity index (χ1n) is 21.2. The first kappa shape index (κ1) is 35.7. The Labute approximate surface area is 360 Å². The van der Waals surface area contributed by atoms with Crippen molar-refractivity contribution in [3.8, 4) is 44.5 Å². The Morgan fingerprint density at radius 2 is 0.742 bits per heavy atom. The summed E-state index contributed by atoms with van der Waals surface area (Å²) < 4.78 is 6.60. The Morgan fingerprint density at radius 3 is 1.37 bits per heavy atom. The topological polar surface area (TPSA) is 16.4 Å². The van der Waals surface area contributed by atoms with Crippen LogP contribution in [0.5, 0.6) is 0 Å². The van der Waals surface area contributed by atoms with Crippen LogP contribution in [0, 0.1) is 0 Å². The lowest BCUT2D eigenvalue weighted by atomic mass is 9.96. The SMILES string of the molecule is c1cc(-c2cccc3oc4c5ccccc5ccc4c23)cc(N(c2ccc(-c3ccc(-c4cccc5ccccc45)cc3)cc2)c2ccc(-c3cccc4ccccc34)cc2)c1. The Balaban J connectivity index is 0.949. The van der Waals surface area contributed by atoms with Crippen molar-refractivity contribution < 1.29 is 4.42 Å². The standard InChI is InChI=1S/C60H39NO/c1-4-18-51-42(11-1)14-8-21-53(51)45-27-25-40(26-28-45)41-29-34-48(35-30-41)61(49-36-31-46(32-37-49)54-22-9-15-43-12-2-5-19-52(43)54)50-17-7-16-47(39-50)55-23-10-24-58-59(55)57-38-33-44-13-3-6-20-56(44)60(57)62-58/h1-39H. The van der Waals surface area contributed by atoms with Crippen LogP contribution in [0.2, 0.25) is 0 Å². The summed E-state index contributed by atoms with van der Waals surface area (Å²) in [6, 6.07) is 85.4. The Hall–Kier alpha value is -8.20. The third kappa shape index (κ3) is 6.12. The highest BCUT2D eigenvalue weighted by molar-refractivity contribution is 6.19. The maximum absolute atomic E-state index is 6.60. The van der Waals surface area contributed by atoms with Gasteiger partial charge in [-0.25, -0.2) is 0 Å². The molecule has 0 atom stereocenters. The van der Waals surface area contributed by atoms with E-state index < -0.39 is 0 Å². The van der Waals surface area contributed by atoms with Gasteiger partial charge in [0, 0.05) is 33.2 Å². The second kappa shape index (κ2) is 14.8. The van der Waals surface area contributed by atoms with E-state index >= 15 is 0 Å². The molecule has 0 amide bonds. The summed E-state index contributed by atoms with van der Waals surface area (Å²) in [7, 11) is 0. The normalized spacial score (nSPS) is 11.5. The van der Waals surface area contributed by atoms with Gasteiger partial charge in [0.15, 0.2) is 0 Å². The number of nitrogens with zero attached hydrogens (tertiary/aromatic N) is 1. The van der Waals surface area contributed by atoms with E-state index in [4.69, 9.17) is 4.42 Å². The molecule has 290 valence electrons. The van der Waals surface area contributed by atoms with Crippen LogP contribution < -0.4 is 4.90 Å². The largest absolute Gasteiger partial charge is 0.455 e. The molecule has 1 heterocycles. The van der Waals surface area contributed by atoms with Crippen molar-refractivity contribution in [2.24, 2.45) is 0 Å². The molecule has 0 aliphatic heterocycles. The van der Waals surface area contributed by atoms with Gasteiger partial charge in [-0.1, -0.05) is 188 Å². The number of fused-ring (bicyclic) bond motifs is 7. The third-order valence-electron chi connectivity index (χ3n) is 12.5. The minimum atomic E-state index is 0.890. The maximum Gasteiger partial charge on any atom is 0.143 e. The number of hydrogen-bond donors (Lipinski definition) is 0. The average Bonchev–Trinajstić information content (AvgIpc) is 3.74. The number of hydrogen-bond acceptors (Lipinski definition) is 2. The molecular weight excluding hydrogens is 751 g/mol. The summed E-state index contributed by atoms with van der Waals surface area (Å²) in [5.74, 6) is 0. The van der Waals surface area contributed by atoms with Gasteiger partial charge < -0.3 is 9.32 Å². The first-order chi connectivity index (χ1) is 30.7. The van der Waals surface area contributed by atoms with E-state index in [2.05, 4.69) is 241 Å². The molecule has 0 bridgehead atoms. The molecule has 0 fully saturated rings. The summed E-state index contributed by atoms with van der Waals surface area (Å²) in [5, 5.41) is 9.57. The van der Waals surface area contributed by atoms with Crippen molar-refractivity contribution >= 4 is 71.3 Å². The van der Waals surface area contributed by atoms with Gasteiger partial charge in [-0.15, -0.1) is 0 Å². The molecule has 2 heteroatoms. The van der Waals surface area contributed by atoms with Crippen LogP contribution in [0.1, 0.15) is 0 Å². The molecule has 0 saturated heterocycles. The molecule has 0 N–H and O–H groups in total. The summed E-state index contributed by atoms with van der Waals surface area (Å²) in [5.41, 5.74) is 14.6. The average molecular weight is 790 g/mol. The molecule has 12 rings (SSSR count). The van der Waals surface area contributed by atoms with Crippen molar-refractivity contribution in [2.75, 3.05) is 4.90 Å². The van der Waals surface area contributed by atoms with Crippen LogP contribution in [-0.2, 0) is 0 Å². The van der Waals surface area contributed by atoms with E-state index in [-0.39, 0.29) is 0 Å². The fourth-order valence-electron chi connectivity index (χ4n) is 9.44. The molecule has 0 saturated carbocycles. The molecule has 0 aliphatic carbocycles. The highest BCUT2D eigenvalue weighted by atomic mass is 16.3. The minimum absolute atomic E-state index is 0.890. The smallest absolute Gasteiger partial charge is 0.143 e. The van der Waals surface area contributed by atoms with Gasteiger partial charge in [-0.05, 0) is 120 Å². The van der Waals surface area contributed by atoms with Gasteiger partial charge in [0.1, 0.15) is 11.2 Å². The van der Waals surface area contributed by atoms with E-state index in [1.165, 1.54) is 60.3 Å². The number of furan rings is 1. The number of rotatable bonds is 7. The van der Waals surface area contributed by atoms with Crippen molar-refractivity contribution in [1.82, 2.24) is 0 Å². The van der Waals surface area contributed by atoms with Crippen molar-refractivity contribution in [3.05, 3.63) is 237 Å². The molecule has 62 heavy (non-hydrogen) atoms. The molecule has 0 aliphatic rings. The van der Waals surface area contributed by atoms with E-state index in [0.29, 0.717) is 0 Å². The Morgan fingerprint density at radius 1 is 0.274 bits per heavy atom. The summed E-state index contributed by atoms with van der Waals surface area (Å²) in [6.07, 6.45) is 0. The van der Waals surface area contributed by atoms with Crippen LogP contribution in [0.4, 0.5) is 17.1 Å². The van der Waals surface area contributed by atoms with E-state index in [0.717, 1.165) is 55.5 Å². The zero-order valence-electron chi connectivity index (χ0n) is 33.9. The van der Waals surface area contributed by atoms with Gasteiger partial charge in [-0.2, -0.15) is 0 Å². The first-order valence-corrected chi connectivity index (χ1v) is 21.2. The lowest BCUT2D eigenvalue weighted by Crippen LogP contribution is -2.10. The molecule has 0 unspecified atom stereocenters. The molecule has 0 radical (unpaired) electrons. The fourth-order valence-corrected chi connectivity index (χ4v) is 9.44. The third-order valence-corrected chi connectivity index (χ3v) is 12.5. The van der Waals surface area contributed by atoms with Crippen LogP contribution in [0.25, 0.3) is 98.8 Å². The maximum atomic E-state index is 6.60. The second-order valence-corrected chi connectivity index (χ2v) is 16.1. The minimum Gasteiger partial charge on any atom is -0.455 e. The predicted molar refractivity (Wildman–Crippen MR) is 263 cm³/mol. The summed E-state index contributed by atoms with van der Waals surface area (Å²) in [6.45, 7) is 0. The molecule has 2 nitrogen and oxygen atoms in total. The zero-order chi connectivity index (χ0) is 41.0. The number of benzene rings is 11. The van der Waals surface area contributed by atoms with Gasteiger partial charge in [0.25, 0.3) is 0 Å². The highest BCUT2D eigenvalue weighted by Crippen LogP contribution is 2.43. The summed E-state index contributed by atoms with van der Waals surface area (Å²) >= 11 is 0. The Bertz CT molecular complexity index is 3610. The van der Waals surface area contributed by atoms with Crippen LogP contribution >= 0.6 is 0 Å². The van der Waals surface area contributed by atoms with E-state index in [1.54, 1.807) is 0 Å². The van der Waals surface area contributed by atoms with Crippen molar-refractivity contribution in [1.29, 1.82) is 0 Å². The number of anilines is 3. The van der Waals surface area contributed by atoms with Crippen LogP contribution in [0.15, 0.2) is 241 Å². The van der Waals surface area contributed by atoms with E-state index in [1.807, 2.05) is 0 Å². The second-order valence-electron chi connectivity index (χ2n) is 16.1. The fraction of sp³-hybridized carbons (Fsp3) is 0. The van der Waals surface area contributed by atoms with Gasteiger partial charge in [0.2, 0.25) is 0 Å². The lowest BCUT2D eigenvalue weighted by molar-refractivity contribution is 0.673. The van der Waals surface area contributed by atoms with Crippen LogP contribution in [-0.4, -0.2) is 0 Å². The van der Waals surface area contributed by atoms with Gasteiger partial charge >= 0.3 is 0 Å². The lowest BCUT2D eigenvalue weighted by Gasteiger charge is -2.26. The quantitative estimate of drug-likeness (QED) is 0.160. The molecule has 1 aromatic heterocycles. The molecule has 12 aromatic rings. The monoisotopic (exact) mass is 789 g/mol. The van der Waals surface area contributed by atoms with Gasteiger partial charge in [-0.3, -0.25) is 0 Å². The molecule has 0 spiro atoms.